The van der Waals surface area contributed by atoms with E-state index in [1.54, 1.807) is 30.5 Å². The molecule has 5 aromatic rings. The van der Waals surface area contributed by atoms with Crippen molar-refractivity contribution < 1.29 is 14.5 Å². The third kappa shape index (κ3) is 5.72. The lowest BCUT2D eigenvalue weighted by Crippen LogP contribution is -2.30. The van der Waals surface area contributed by atoms with Crippen molar-refractivity contribution in [2.24, 2.45) is 0 Å². The van der Waals surface area contributed by atoms with Gasteiger partial charge in [-0.15, -0.1) is 0 Å². The minimum Gasteiger partial charge on any atom is -0.465 e. The van der Waals surface area contributed by atoms with Gasteiger partial charge in [0.05, 0.1) is 29.3 Å². The molecule has 43 heavy (non-hydrogen) atoms. The summed E-state index contributed by atoms with van der Waals surface area (Å²) in [4.78, 5) is 31.2. The Morgan fingerprint density at radius 2 is 1.60 bits per heavy atom. The number of non-ortho nitro benzene ring substituents is 1. The predicted molar refractivity (Wildman–Crippen MR) is 169 cm³/mol. The molecule has 3 heterocycles. The number of ether oxygens (including phenoxy) is 1. The highest BCUT2D eigenvalue weighted by Gasteiger charge is 2.42. The number of anilines is 1. The average molecular weight is 608 g/mol. The van der Waals surface area contributed by atoms with E-state index in [9.17, 15) is 14.9 Å². The van der Waals surface area contributed by atoms with Crippen molar-refractivity contribution in [1.29, 1.82) is 0 Å². The molecule has 1 fully saturated rings. The molecule has 1 saturated heterocycles. The van der Waals surface area contributed by atoms with Gasteiger partial charge >= 0.3 is 5.97 Å². The molecule has 0 unspecified atom stereocenters. The van der Waals surface area contributed by atoms with E-state index in [2.05, 4.69) is 25.8 Å². The minimum absolute atomic E-state index is 0.0624. The molecule has 1 N–H and O–H groups in total. The van der Waals surface area contributed by atoms with Crippen molar-refractivity contribution in [2.45, 2.75) is 21.9 Å². The van der Waals surface area contributed by atoms with E-state index in [-0.39, 0.29) is 23.7 Å². The van der Waals surface area contributed by atoms with E-state index in [0.29, 0.717) is 10.7 Å². The Balaban J connectivity index is 1.34. The maximum atomic E-state index is 12.0. The molecule has 11 heteroatoms. The van der Waals surface area contributed by atoms with Crippen molar-refractivity contribution in [3.63, 3.8) is 0 Å². The summed E-state index contributed by atoms with van der Waals surface area (Å²) >= 11 is 7.43. The molecule has 6 rings (SSSR count). The Morgan fingerprint density at radius 3 is 2.23 bits per heavy atom. The summed E-state index contributed by atoms with van der Waals surface area (Å²) in [6, 6.07) is 31.3. The van der Waals surface area contributed by atoms with Crippen LogP contribution < -0.4 is 10.2 Å². The van der Waals surface area contributed by atoms with Gasteiger partial charge in [0.15, 0.2) is 5.11 Å². The van der Waals surface area contributed by atoms with Crippen LogP contribution in [0.3, 0.4) is 0 Å². The monoisotopic (exact) mass is 607 g/mol. The molecule has 0 spiro atoms. The summed E-state index contributed by atoms with van der Waals surface area (Å²) in [6.07, 6.45) is 3.76. The fourth-order valence-electron chi connectivity index (χ4n) is 5.13. The zero-order valence-corrected chi connectivity index (χ0v) is 24.5. The van der Waals surface area contributed by atoms with E-state index in [0.717, 1.165) is 32.6 Å². The molecule has 0 amide bonds. The number of nitro benzene ring substituents is 1. The summed E-state index contributed by atoms with van der Waals surface area (Å²) in [5.74, 6) is -0.388. The number of pyridine rings is 1. The first-order chi connectivity index (χ1) is 20.9. The number of benzene rings is 3. The molecule has 214 valence electrons. The first kappa shape index (κ1) is 28.1. The molecule has 0 saturated carbocycles. The fraction of sp³-hybridized carbons (Fsp3) is 0.0938. The molecule has 3 aromatic carbocycles. The minimum atomic E-state index is -0.404. The average Bonchev–Trinajstić information content (AvgIpc) is 3.66. The van der Waals surface area contributed by atoms with E-state index in [1.165, 1.54) is 31.0 Å². The number of methoxy groups -OCH3 is 1. The van der Waals surface area contributed by atoms with Gasteiger partial charge in [0.25, 0.3) is 5.69 Å². The number of rotatable bonds is 8. The summed E-state index contributed by atoms with van der Waals surface area (Å²) in [7, 11) is 1.36. The second-order valence-corrected chi connectivity index (χ2v) is 11.2. The van der Waals surface area contributed by atoms with Gasteiger partial charge in [-0.05, 0) is 97.1 Å². The van der Waals surface area contributed by atoms with Crippen molar-refractivity contribution in [3.8, 4) is 5.69 Å². The quantitative estimate of drug-likeness (QED) is 0.0874. The third-order valence-electron chi connectivity index (χ3n) is 7.15. The molecule has 0 aliphatic carbocycles. The number of esters is 1. The molecule has 2 aromatic heterocycles. The van der Waals surface area contributed by atoms with E-state index in [1.807, 2.05) is 66.9 Å². The van der Waals surface area contributed by atoms with Gasteiger partial charge in [-0.3, -0.25) is 15.1 Å². The number of carbonyl (C=O) groups excluding carboxylic acids is 1. The van der Waals surface area contributed by atoms with Crippen LogP contribution in [-0.2, 0) is 4.74 Å². The van der Waals surface area contributed by atoms with Crippen LogP contribution >= 0.6 is 24.0 Å². The number of nitro groups is 1. The van der Waals surface area contributed by atoms with E-state index < -0.39 is 4.92 Å². The first-order valence-electron chi connectivity index (χ1n) is 13.3. The SMILES string of the molecule is COC(=O)c1ccc(-n2cccc2[C@H]2[C@@H](c3ccccn3)NC(=S)N2c2ccc(Sc3ccc([N+](=O)[O-])cc3)cc2)cc1. The largest absolute Gasteiger partial charge is 0.465 e. The van der Waals surface area contributed by atoms with Crippen molar-refractivity contribution in [1.82, 2.24) is 14.9 Å². The summed E-state index contributed by atoms with van der Waals surface area (Å²) in [5.41, 5.74) is 4.17. The first-order valence-corrected chi connectivity index (χ1v) is 14.5. The summed E-state index contributed by atoms with van der Waals surface area (Å²) in [5, 5.41) is 15.1. The number of carbonyl (C=O) groups is 1. The predicted octanol–water partition coefficient (Wildman–Crippen LogP) is 6.90. The van der Waals surface area contributed by atoms with Gasteiger partial charge in [-0.2, -0.15) is 0 Å². The Hall–Kier alpha value is -5.00. The number of thiocarbonyl (C=S) groups is 1. The Labute approximate surface area is 257 Å². The van der Waals surface area contributed by atoms with Gasteiger partial charge in [0.1, 0.15) is 6.04 Å². The van der Waals surface area contributed by atoms with Gasteiger partial charge in [0, 0.05) is 51.4 Å². The van der Waals surface area contributed by atoms with Gasteiger partial charge in [-0.25, -0.2) is 4.79 Å². The Bertz CT molecular complexity index is 1780. The third-order valence-corrected chi connectivity index (χ3v) is 8.48. The number of hydrogen-bond acceptors (Lipinski definition) is 7. The number of aromatic nitrogens is 2. The lowest BCUT2D eigenvalue weighted by atomic mass is 10.0. The highest BCUT2D eigenvalue weighted by molar-refractivity contribution is 7.99. The normalized spacial score (nSPS) is 16.1. The zero-order chi connectivity index (χ0) is 29.9. The zero-order valence-electron chi connectivity index (χ0n) is 22.9. The molecule has 0 bridgehead atoms. The van der Waals surface area contributed by atoms with Gasteiger partial charge in [0.2, 0.25) is 0 Å². The molecular formula is C32H25N5O4S2. The summed E-state index contributed by atoms with van der Waals surface area (Å²) in [6.45, 7) is 0. The number of hydrogen-bond donors (Lipinski definition) is 1. The maximum absolute atomic E-state index is 12.0. The molecule has 1 aliphatic rings. The van der Waals surface area contributed by atoms with Crippen LogP contribution in [0.2, 0.25) is 0 Å². The maximum Gasteiger partial charge on any atom is 0.337 e. The van der Waals surface area contributed by atoms with Gasteiger partial charge < -0.3 is 19.5 Å². The standard InChI is InChI=1S/C32H25N5O4S2/c1-41-31(38)21-7-9-22(10-8-21)35-20-4-6-28(35)30-29(27-5-2-3-19-33-27)34-32(42)36(30)23-11-15-25(16-12-23)43-26-17-13-24(14-18-26)37(39)40/h2-20,29-30H,1H3,(H,34,42)/t29-,30+/m1/s1. The molecule has 1 aliphatic heterocycles. The number of nitrogens with zero attached hydrogens (tertiary/aromatic N) is 4. The fourth-order valence-corrected chi connectivity index (χ4v) is 6.29. The van der Waals surface area contributed by atoms with Crippen LogP contribution in [0.15, 0.2) is 125 Å². The topological polar surface area (TPSA) is 103 Å². The molecule has 9 nitrogen and oxygen atoms in total. The molecule has 2 atom stereocenters. The van der Waals surface area contributed by atoms with Crippen LogP contribution in [-0.4, -0.2) is 32.7 Å². The van der Waals surface area contributed by atoms with Gasteiger partial charge in [-0.1, -0.05) is 17.8 Å². The smallest absolute Gasteiger partial charge is 0.337 e. The second kappa shape index (κ2) is 12.1. The van der Waals surface area contributed by atoms with Crippen LogP contribution in [0, 0.1) is 10.1 Å². The van der Waals surface area contributed by atoms with Crippen LogP contribution in [0.4, 0.5) is 11.4 Å². The van der Waals surface area contributed by atoms with Crippen LogP contribution in [0.1, 0.15) is 33.8 Å². The second-order valence-electron chi connectivity index (χ2n) is 9.69. The summed E-state index contributed by atoms with van der Waals surface area (Å²) < 4.78 is 6.94. The highest BCUT2D eigenvalue weighted by atomic mass is 32.2. The Morgan fingerprint density at radius 1 is 0.930 bits per heavy atom. The lowest BCUT2D eigenvalue weighted by Gasteiger charge is -2.29. The van der Waals surface area contributed by atoms with E-state index >= 15 is 0 Å². The van der Waals surface area contributed by atoms with Crippen molar-refractivity contribution in [2.75, 3.05) is 12.0 Å². The molecular weight excluding hydrogens is 583 g/mol. The van der Waals surface area contributed by atoms with Crippen LogP contribution in [0.25, 0.3) is 5.69 Å². The van der Waals surface area contributed by atoms with Crippen molar-refractivity contribution >= 4 is 46.4 Å². The Kier molecular flexibility index (Phi) is 7.91. The molecule has 0 radical (unpaired) electrons. The van der Waals surface area contributed by atoms with Crippen LogP contribution in [0.5, 0.6) is 0 Å². The van der Waals surface area contributed by atoms with E-state index in [4.69, 9.17) is 17.0 Å². The lowest BCUT2D eigenvalue weighted by molar-refractivity contribution is -0.384. The van der Waals surface area contributed by atoms with Crippen molar-refractivity contribution in [3.05, 3.63) is 143 Å². The highest BCUT2D eigenvalue weighted by Crippen LogP contribution is 2.43. The number of nitrogens with one attached hydrogen (secondary N) is 1.